The Labute approximate surface area is 490 Å². The number of amides is 1. The fourth-order valence-electron chi connectivity index (χ4n) is 10.2. The van der Waals surface area contributed by atoms with E-state index in [9.17, 15) is 35.1 Å². The second-order valence-corrected chi connectivity index (χ2v) is 22.9. The van der Waals surface area contributed by atoms with Crippen LogP contribution in [-0.2, 0) is 23.8 Å². The number of rotatable bonds is 56. The number of allylic oxidation sites excluding steroid dienone is 11. The molecule has 80 heavy (non-hydrogen) atoms. The van der Waals surface area contributed by atoms with Gasteiger partial charge in [-0.2, -0.15) is 0 Å². The molecule has 464 valence electrons. The Hall–Kier alpha value is -2.90. The zero-order valence-electron chi connectivity index (χ0n) is 51.4. The molecule has 1 heterocycles. The van der Waals surface area contributed by atoms with Gasteiger partial charge in [-0.15, -0.1) is 0 Å². The highest BCUT2D eigenvalue weighted by atomic mass is 16.7. The molecule has 1 rings (SSSR count). The van der Waals surface area contributed by atoms with E-state index in [-0.39, 0.29) is 19.4 Å². The lowest BCUT2D eigenvalue weighted by molar-refractivity contribution is -0.305. The third kappa shape index (κ3) is 43.7. The van der Waals surface area contributed by atoms with Gasteiger partial charge in [0, 0.05) is 6.42 Å². The van der Waals surface area contributed by atoms with E-state index in [4.69, 9.17) is 14.2 Å². The number of aliphatic hydroxyl groups excluding tert-OH is 5. The predicted molar refractivity (Wildman–Crippen MR) is 333 cm³/mol. The summed E-state index contributed by atoms with van der Waals surface area (Å²) in [7, 11) is 0. The molecular weight excluding hydrogens is 1000 g/mol. The number of ether oxygens (including phenoxy) is 3. The Bertz CT molecular complexity index is 1580. The third-order valence-corrected chi connectivity index (χ3v) is 15.4. The molecule has 8 unspecified atom stereocenters. The van der Waals surface area contributed by atoms with Crippen LogP contribution in [0.3, 0.4) is 0 Å². The summed E-state index contributed by atoms with van der Waals surface area (Å²) in [6, 6.07) is -1.05. The first-order valence-corrected chi connectivity index (χ1v) is 33.3. The van der Waals surface area contributed by atoms with Gasteiger partial charge in [0.25, 0.3) is 0 Å². The van der Waals surface area contributed by atoms with Gasteiger partial charge in [0.2, 0.25) is 5.91 Å². The van der Waals surface area contributed by atoms with Crippen molar-refractivity contribution in [3.63, 3.8) is 0 Å². The van der Waals surface area contributed by atoms with Crippen LogP contribution in [0, 0.1) is 0 Å². The zero-order valence-corrected chi connectivity index (χ0v) is 51.4. The van der Waals surface area contributed by atoms with Gasteiger partial charge in [0.1, 0.15) is 24.4 Å². The summed E-state index contributed by atoms with van der Waals surface area (Å²) in [5, 5.41) is 56.9. The van der Waals surface area contributed by atoms with Crippen LogP contribution in [-0.4, -0.2) is 99.6 Å². The standard InChI is InChI=1S/C69H123NO10/c1-4-7-10-13-16-19-22-25-26-27-28-29-30-31-32-33-34-35-36-37-38-39-42-45-48-51-54-57-64(74)80-67-66(76)65(75)63(58-71)79-69(67)78-59-60(61(72)55-52-49-46-43-40-23-20-17-14-11-8-5-2)70-68(77)62(73)56-53-50-47-44-41-24-21-18-15-12-9-6-3/h9,12,15,18,21,24-26,41,44,52,55,60-63,65-67,69,71-73,75-76H,4-8,10-11,13-14,16-17,19-20,22-23,27-40,42-43,45-51,53-54,56-59H2,1-3H3,(H,70,77)/b12-9+,18-15+,24-21-,26-25+,44-41-,55-52+. The Morgan fingerprint density at radius 2 is 0.912 bits per heavy atom. The van der Waals surface area contributed by atoms with Gasteiger partial charge in [0.05, 0.1) is 25.4 Å². The maximum absolute atomic E-state index is 13.4. The summed E-state index contributed by atoms with van der Waals surface area (Å²) >= 11 is 0. The second-order valence-electron chi connectivity index (χ2n) is 22.9. The molecule has 0 aromatic rings. The van der Waals surface area contributed by atoms with Crippen molar-refractivity contribution in [2.45, 2.75) is 339 Å². The Morgan fingerprint density at radius 1 is 0.500 bits per heavy atom. The summed E-state index contributed by atoms with van der Waals surface area (Å²) in [6.45, 7) is 5.63. The minimum Gasteiger partial charge on any atom is -0.454 e. The van der Waals surface area contributed by atoms with Crippen molar-refractivity contribution in [3.8, 4) is 0 Å². The molecule has 0 radical (unpaired) electrons. The highest BCUT2D eigenvalue weighted by Gasteiger charge is 2.47. The van der Waals surface area contributed by atoms with Crippen LogP contribution < -0.4 is 5.32 Å². The van der Waals surface area contributed by atoms with Crippen LogP contribution in [0.1, 0.15) is 290 Å². The van der Waals surface area contributed by atoms with Crippen LogP contribution in [0.4, 0.5) is 0 Å². The zero-order chi connectivity index (χ0) is 58.2. The van der Waals surface area contributed by atoms with E-state index in [2.05, 4.69) is 44.3 Å². The van der Waals surface area contributed by atoms with Gasteiger partial charge in [-0.1, -0.05) is 286 Å². The molecular formula is C69H123NO10. The molecule has 1 amide bonds. The maximum Gasteiger partial charge on any atom is 0.306 e. The van der Waals surface area contributed by atoms with Gasteiger partial charge in [-0.25, -0.2) is 0 Å². The minimum atomic E-state index is -1.62. The number of nitrogens with one attached hydrogen (secondary N) is 1. The summed E-state index contributed by atoms with van der Waals surface area (Å²) in [5.41, 5.74) is 0. The van der Waals surface area contributed by atoms with E-state index >= 15 is 0 Å². The molecule has 11 nitrogen and oxygen atoms in total. The van der Waals surface area contributed by atoms with E-state index in [0.29, 0.717) is 12.8 Å². The highest BCUT2D eigenvalue weighted by molar-refractivity contribution is 5.80. The van der Waals surface area contributed by atoms with Crippen molar-refractivity contribution in [1.82, 2.24) is 5.32 Å². The maximum atomic E-state index is 13.4. The first-order valence-electron chi connectivity index (χ1n) is 33.3. The summed E-state index contributed by atoms with van der Waals surface area (Å²) in [5.74, 6) is -1.23. The van der Waals surface area contributed by atoms with Crippen molar-refractivity contribution >= 4 is 11.9 Å². The lowest BCUT2D eigenvalue weighted by Gasteiger charge is -2.41. The monoisotopic (exact) mass is 1130 g/mol. The van der Waals surface area contributed by atoms with Crippen molar-refractivity contribution in [2.75, 3.05) is 13.2 Å². The fourth-order valence-corrected chi connectivity index (χ4v) is 10.2. The number of esters is 1. The van der Waals surface area contributed by atoms with Gasteiger partial charge < -0.3 is 45.1 Å². The molecule has 0 aromatic carbocycles. The fraction of sp³-hybridized carbons (Fsp3) is 0.797. The van der Waals surface area contributed by atoms with Gasteiger partial charge >= 0.3 is 5.97 Å². The largest absolute Gasteiger partial charge is 0.454 e. The average Bonchev–Trinajstić information content (AvgIpc) is 3.46. The molecule has 1 saturated heterocycles. The average molecular weight is 1130 g/mol. The molecule has 1 fully saturated rings. The van der Waals surface area contributed by atoms with Gasteiger partial charge in [-0.3, -0.25) is 9.59 Å². The number of carbonyl (C=O) groups excluding carboxylic acids is 2. The van der Waals surface area contributed by atoms with E-state index in [0.717, 1.165) is 64.2 Å². The smallest absolute Gasteiger partial charge is 0.306 e. The topological polar surface area (TPSA) is 175 Å². The molecule has 1 aliphatic heterocycles. The highest BCUT2D eigenvalue weighted by Crippen LogP contribution is 2.26. The molecule has 0 spiro atoms. The van der Waals surface area contributed by atoms with E-state index in [1.807, 2.05) is 48.6 Å². The van der Waals surface area contributed by atoms with Gasteiger partial charge in [0.15, 0.2) is 12.4 Å². The van der Waals surface area contributed by atoms with Crippen molar-refractivity contribution in [3.05, 3.63) is 72.9 Å². The van der Waals surface area contributed by atoms with Crippen molar-refractivity contribution in [2.24, 2.45) is 0 Å². The van der Waals surface area contributed by atoms with E-state index in [1.165, 1.54) is 180 Å². The molecule has 8 atom stereocenters. The van der Waals surface area contributed by atoms with E-state index in [1.54, 1.807) is 6.08 Å². The Kier molecular flexibility index (Phi) is 53.1. The normalized spacial score (nSPS) is 19.2. The minimum absolute atomic E-state index is 0.119. The van der Waals surface area contributed by atoms with Crippen LogP contribution in [0.25, 0.3) is 0 Å². The molecule has 1 aliphatic rings. The number of hydrogen-bond donors (Lipinski definition) is 6. The summed E-state index contributed by atoms with van der Waals surface area (Å²) in [4.78, 5) is 26.5. The first kappa shape index (κ1) is 75.1. The predicted octanol–water partition coefficient (Wildman–Crippen LogP) is 16.3. The van der Waals surface area contributed by atoms with Crippen molar-refractivity contribution < 1.29 is 49.3 Å². The molecule has 0 aliphatic carbocycles. The second kappa shape index (κ2) is 56.6. The Balaban J connectivity index is 2.54. The van der Waals surface area contributed by atoms with Crippen molar-refractivity contribution in [1.29, 1.82) is 0 Å². The molecule has 0 saturated carbocycles. The molecule has 0 aromatic heterocycles. The summed E-state index contributed by atoms with van der Waals surface area (Å²) in [6.07, 6.45) is 62.6. The van der Waals surface area contributed by atoms with Crippen LogP contribution in [0.2, 0.25) is 0 Å². The summed E-state index contributed by atoms with van der Waals surface area (Å²) < 4.78 is 17.6. The lowest BCUT2D eigenvalue weighted by atomic mass is 9.99. The molecule has 0 bridgehead atoms. The Morgan fingerprint density at radius 3 is 1.39 bits per heavy atom. The SMILES string of the molecule is CC/C=C/C=C/C=C\C=C/CCCCC(O)C(=O)NC(COC1OC(CO)C(O)C(O)C1OC(=O)CCCCCCCCCCCCCCCCCCC/C=C/CCCCCCCC)C(O)/C=C/CCCCCCCCCCCC. The first-order chi connectivity index (χ1) is 39.2. The number of unbranched alkanes of at least 4 members (excludes halogenated alkanes) is 35. The quantitative estimate of drug-likeness (QED) is 0.0149. The van der Waals surface area contributed by atoms with Crippen LogP contribution >= 0.6 is 0 Å². The lowest BCUT2D eigenvalue weighted by Crippen LogP contribution is -2.61. The van der Waals surface area contributed by atoms with Gasteiger partial charge in [-0.05, 0) is 70.6 Å². The number of hydrogen-bond acceptors (Lipinski definition) is 10. The molecule has 11 heteroatoms. The van der Waals surface area contributed by atoms with Crippen LogP contribution in [0.5, 0.6) is 0 Å². The number of aliphatic hydroxyl groups is 5. The molecule has 6 N–H and O–H groups in total. The van der Waals surface area contributed by atoms with Crippen LogP contribution in [0.15, 0.2) is 72.9 Å². The van der Waals surface area contributed by atoms with E-state index < -0.39 is 67.4 Å². The number of carbonyl (C=O) groups is 2. The third-order valence-electron chi connectivity index (χ3n) is 15.4.